The molecule has 0 spiro atoms. The summed E-state index contributed by atoms with van der Waals surface area (Å²) in [6.45, 7) is 5.48. The minimum absolute atomic E-state index is 0. The minimum Gasteiger partial charge on any atom is -0.396 e. The van der Waals surface area contributed by atoms with Crippen molar-refractivity contribution in [3.8, 4) is 0 Å². The summed E-state index contributed by atoms with van der Waals surface area (Å²) < 4.78 is 54.1. The van der Waals surface area contributed by atoms with Gasteiger partial charge in [-0.25, -0.2) is 4.39 Å². The Bertz CT molecular complexity index is 545. The molecule has 0 saturated carbocycles. The fraction of sp³-hybridized carbons (Fsp3) is 0.625. The number of aliphatic hydroxyl groups excluding tert-OH is 1. The van der Waals surface area contributed by atoms with Crippen molar-refractivity contribution < 1.29 is 22.7 Å². The van der Waals surface area contributed by atoms with E-state index in [0.29, 0.717) is 26.2 Å². The Kier molecular flexibility index (Phi) is 7.04. The van der Waals surface area contributed by atoms with E-state index in [-0.39, 0.29) is 24.6 Å². The van der Waals surface area contributed by atoms with Crippen molar-refractivity contribution in [2.75, 3.05) is 32.8 Å². The van der Waals surface area contributed by atoms with E-state index in [2.05, 4.69) is 5.32 Å². The average Bonchev–Trinajstić information content (AvgIpc) is 2.47. The lowest BCUT2D eigenvalue weighted by atomic mass is 9.78. The fourth-order valence-electron chi connectivity index (χ4n) is 3.21. The molecule has 1 saturated heterocycles. The Hall–Kier alpha value is -0.890. The van der Waals surface area contributed by atoms with Crippen LogP contribution in [-0.2, 0) is 6.18 Å². The molecule has 1 fully saturated rings. The first-order valence-electron chi connectivity index (χ1n) is 7.59. The first-order valence-corrected chi connectivity index (χ1v) is 7.59. The average molecular weight is 371 g/mol. The molecule has 0 aliphatic carbocycles. The number of rotatable bonds is 4. The maximum absolute atomic E-state index is 14.0. The topological polar surface area (TPSA) is 35.5 Å². The highest BCUT2D eigenvalue weighted by Crippen LogP contribution is 2.44. The van der Waals surface area contributed by atoms with Gasteiger partial charge in [-0.2, -0.15) is 13.2 Å². The third kappa shape index (κ3) is 4.39. The van der Waals surface area contributed by atoms with Gasteiger partial charge >= 0.3 is 6.18 Å². The quantitative estimate of drug-likeness (QED) is 0.799. The molecule has 1 aromatic carbocycles. The predicted molar refractivity (Wildman–Crippen MR) is 86.7 cm³/mol. The Morgan fingerprint density at radius 1 is 1.21 bits per heavy atom. The number of piperazine rings is 1. The summed E-state index contributed by atoms with van der Waals surface area (Å²) in [6, 6.07) is 2.72. The van der Waals surface area contributed by atoms with Gasteiger partial charge in [-0.15, -0.1) is 12.4 Å². The highest BCUT2D eigenvalue weighted by atomic mass is 35.5. The predicted octanol–water partition coefficient (Wildman–Crippen LogP) is 3.23. The van der Waals surface area contributed by atoms with Gasteiger partial charge in [0.05, 0.1) is 5.56 Å². The zero-order chi connectivity index (χ0) is 17.3. The summed E-state index contributed by atoms with van der Waals surface area (Å²) in [4.78, 5) is 1.89. The number of benzene rings is 1. The van der Waals surface area contributed by atoms with Gasteiger partial charge in [-0.3, -0.25) is 4.90 Å². The molecular formula is C16H23ClF4N2O. The van der Waals surface area contributed by atoms with Crippen LogP contribution < -0.4 is 5.32 Å². The molecule has 0 unspecified atom stereocenters. The summed E-state index contributed by atoms with van der Waals surface area (Å²) >= 11 is 0. The van der Waals surface area contributed by atoms with Gasteiger partial charge in [0.15, 0.2) is 0 Å². The number of nitrogens with zero attached hydrogens (tertiary/aromatic N) is 1. The Balaban J connectivity index is 0.00000288. The van der Waals surface area contributed by atoms with Gasteiger partial charge in [0.1, 0.15) is 5.82 Å². The molecule has 1 atom stereocenters. The van der Waals surface area contributed by atoms with Crippen LogP contribution in [0.5, 0.6) is 0 Å². The first kappa shape index (κ1) is 21.2. The summed E-state index contributed by atoms with van der Waals surface area (Å²) in [5.41, 5.74) is -2.19. The molecule has 0 radical (unpaired) electrons. The van der Waals surface area contributed by atoms with E-state index in [1.165, 1.54) is 12.1 Å². The molecule has 1 heterocycles. The van der Waals surface area contributed by atoms with E-state index >= 15 is 0 Å². The van der Waals surface area contributed by atoms with E-state index in [0.717, 1.165) is 6.07 Å². The van der Waals surface area contributed by atoms with Crippen molar-refractivity contribution in [3.05, 3.63) is 35.1 Å². The lowest BCUT2D eigenvalue weighted by molar-refractivity contribution is -0.142. The summed E-state index contributed by atoms with van der Waals surface area (Å²) in [5, 5.41) is 12.8. The number of hydrogen-bond donors (Lipinski definition) is 2. The number of halogens is 5. The Labute approximate surface area is 145 Å². The van der Waals surface area contributed by atoms with Gasteiger partial charge < -0.3 is 10.4 Å². The lowest BCUT2D eigenvalue weighted by Gasteiger charge is -2.44. The third-order valence-corrected chi connectivity index (χ3v) is 4.29. The van der Waals surface area contributed by atoms with Crippen LogP contribution in [0.4, 0.5) is 17.6 Å². The van der Waals surface area contributed by atoms with E-state index in [1.54, 1.807) is 13.8 Å². The standard InChI is InChI=1S/C16H22F4N2O.ClH/c1-15(2,10-23)14(22-8-6-21-7-9-22)11-4-3-5-12(17)13(11)16(18,19)20;/h3-5,14,21,23H,6-10H2,1-2H3;1H/t14-;/m0./s1. The molecule has 24 heavy (non-hydrogen) atoms. The van der Waals surface area contributed by atoms with Crippen LogP contribution in [0.3, 0.4) is 0 Å². The van der Waals surface area contributed by atoms with Gasteiger partial charge in [0.25, 0.3) is 0 Å². The van der Waals surface area contributed by atoms with Crippen LogP contribution in [0.15, 0.2) is 18.2 Å². The molecule has 0 aromatic heterocycles. The van der Waals surface area contributed by atoms with Gasteiger partial charge in [0, 0.05) is 44.2 Å². The van der Waals surface area contributed by atoms with Gasteiger partial charge in [0.2, 0.25) is 0 Å². The monoisotopic (exact) mass is 370 g/mol. The number of alkyl halides is 3. The summed E-state index contributed by atoms with van der Waals surface area (Å²) in [6.07, 6.45) is -4.78. The van der Waals surface area contributed by atoms with Crippen molar-refractivity contribution in [3.63, 3.8) is 0 Å². The van der Waals surface area contributed by atoms with Crippen molar-refractivity contribution >= 4 is 12.4 Å². The van der Waals surface area contributed by atoms with E-state index < -0.39 is 29.0 Å². The Morgan fingerprint density at radius 3 is 2.29 bits per heavy atom. The molecule has 1 aliphatic rings. The van der Waals surface area contributed by atoms with Crippen molar-refractivity contribution in [2.45, 2.75) is 26.1 Å². The van der Waals surface area contributed by atoms with Crippen LogP contribution in [0.2, 0.25) is 0 Å². The third-order valence-electron chi connectivity index (χ3n) is 4.29. The van der Waals surface area contributed by atoms with Crippen LogP contribution in [0.25, 0.3) is 0 Å². The highest BCUT2D eigenvalue weighted by molar-refractivity contribution is 5.85. The maximum Gasteiger partial charge on any atom is 0.419 e. The zero-order valence-corrected chi connectivity index (χ0v) is 14.5. The summed E-state index contributed by atoms with van der Waals surface area (Å²) in [7, 11) is 0. The largest absolute Gasteiger partial charge is 0.419 e. The molecule has 3 nitrogen and oxygen atoms in total. The van der Waals surface area contributed by atoms with E-state index in [4.69, 9.17) is 0 Å². The number of nitrogens with one attached hydrogen (secondary N) is 1. The molecule has 2 rings (SSSR count). The molecule has 8 heteroatoms. The van der Waals surface area contributed by atoms with Crippen molar-refractivity contribution in [1.82, 2.24) is 10.2 Å². The Morgan fingerprint density at radius 2 is 1.79 bits per heavy atom. The maximum atomic E-state index is 14.0. The van der Waals surface area contributed by atoms with E-state index in [9.17, 15) is 22.7 Å². The molecule has 2 N–H and O–H groups in total. The SMILES string of the molecule is CC(C)(CO)[C@H](c1cccc(F)c1C(F)(F)F)N1CCNCC1.Cl. The van der Waals surface area contributed by atoms with Crippen LogP contribution in [0.1, 0.15) is 31.0 Å². The van der Waals surface area contributed by atoms with Crippen LogP contribution in [0, 0.1) is 11.2 Å². The molecular weight excluding hydrogens is 348 g/mol. The van der Waals surface area contributed by atoms with Crippen molar-refractivity contribution in [2.24, 2.45) is 5.41 Å². The second-order valence-electron chi connectivity index (χ2n) is 6.54. The number of aliphatic hydroxyl groups is 1. The first-order chi connectivity index (χ1) is 10.7. The van der Waals surface area contributed by atoms with Crippen molar-refractivity contribution in [1.29, 1.82) is 0 Å². The smallest absolute Gasteiger partial charge is 0.396 e. The lowest BCUT2D eigenvalue weighted by Crippen LogP contribution is -2.50. The molecule has 1 aromatic rings. The highest BCUT2D eigenvalue weighted by Gasteiger charge is 2.44. The number of hydrogen-bond acceptors (Lipinski definition) is 3. The molecule has 0 bridgehead atoms. The second-order valence-corrected chi connectivity index (χ2v) is 6.54. The van der Waals surface area contributed by atoms with Gasteiger partial charge in [-0.05, 0) is 11.6 Å². The normalized spacial score (nSPS) is 18.1. The fourth-order valence-corrected chi connectivity index (χ4v) is 3.21. The molecule has 1 aliphatic heterocycles. The summed E-state index contributed by atoms with van der Waals surface area (Å²) in [5.74, 6) is -1.27. The molecule has 138 valence electrons. The van der Waals surface area contributed by atoms with E-state index in [1.807, 2.05) is 4.90 Å². The van der Waals surface area contributed by atoms with Gasteiger partial charge in [-0.1, -0.05) is 26.0 Å². The molecule has 0 amide bonds. The minimum atomic E-state index is -4.78. The van der Waals surface area contributed by atoms with Crippen LogP contribution in [-0.4, -0.2) is 42.8 Å². The van der Waals surface area contributed by atoms with Crippen LogP contribution >= 0.6 is 12.4 Å². The zero-order valence-electron chi connectivity index (χ0n) is 13.7. The second kappa shape index (κ2) is 7.99.